The van der Waals surface area contributed by atoms with Crippen molar-refractivity contribution in [1.82, 2.24) is 9.97 Å². The molecule has 4 nitrogen and oxygen atoms in total. The highest BCUT2D eigenvalue weighted by Crippen LogP contribution is 2.21. The van der Waals surface area contributed by atoms with Crippen LogP contribution in [0.2, 0.25) is 0 Å². The van der Waals surface area contributed by atoms with E-state index in [4.69, 9.17) is 5.11 Å². The molecule has 0 unspecified atom stereocenters. The number of hydrogen-bond acceptors (Lipinski definition) is 3. The molecule has 0 aliphatic rings. The van der Waals surface area contributed by atoms with Crippen molar-refractivity contribution in [2.24, 2.45) is 0 Å². The van der Waals surface area contributed by atoms with Crippen LogP contribution >= 0.6 is 11.3 Å². The van der Waals surface area contributed by atoms with Crippen LogP contribution in [0.4, 0.5) is 0 Å². The number of H-pyrrole nitrogens is 1. The lowest BCUT2D eigenvalue weighted by atomic mass is 10.3. The molecule has 0 fully saturated rings. The topological polar surface area (TPSA) is 66.0 Å². The van der Waals surface area contributed by atoms with Gasteiger partial charge >= 0.3 is 5.97 Å². The average molecular weight is 234 g/mol. The predicted molar refractivity (Wildman–Crippen MR) is 62.4 cm³/mol. The van der Waals surface area contributed by atoms with E-state index in [9.17, 15) is 4.79 Å². The molecular formula is C11H10N2O2S. The summed E-state index contributed by atoms with van der Waals surface area (Å²) in [5.74, 6) is -0.928. The number of aliphatic carboxylic acids is 1. The van der Waals surface area contributed by atoms with Crippen LogP contribution in [-0.4, -0.2) is 21.0 Å². The molecule has 0 bridgehead atoms. The molecule has 5 heteroatoms. The fraction of sp³-hybridized carbons (Fsp3) is 0.0909. The second-order valence-electron chi connectivity index (χ2n) is 3.17. The van der Waals surface area contributed by atoms with Gasteiger partial charge in [-0.05, 0) is 6.07 Å². The van der Waals surface area contributed by atoms with Gasteiger partial charge in [-0.1, -0.05) is 6.08 Å². The number of rotatable bonds is 4. The molecular weight excluding hydrogens is 224 g/mol. The Labute approximate surface area is 96.3 Å². The maximum atomic E-state index is 10.3. The van der Waals surface area contributed by atoms with Crippen molar-refractivity contribution in [3.05, 3.63) is 41.0 Å². The highest BCUT2D eigenvalue weighted by molar-refractivity contribution is 7.10. The zero-order valence-electron chi connectivity index (χ0n) is 8.38. The van der Waals surface area contributed by atoms with Gasteiger partial charge in [0.1, 0.15) is 0 Å². The van der Waals surface area contributed by atoms with Crippen molar-refractivity contribution in [2.75, 3.05) is 0 Å². The minimum absolute atomic E-state index is 0.557. The second kappa shape index (κ2) is 4.76. The zero-order chi connectivity index (χ0) is 11.4. The highest BCUT2D eigenvalue weighted by Gasteiger charge is 2.03. The van der Waals surface area contributed by atoms with Gasteiger partial charge in [0.05, 0.1) is 10.7 Å². The number of carboxylic acid groups (broad SMARTS) is 1. The van der Waals surface area contributed by atoms with E-state index in [-0.39, 0.29) is 0 Å². The van der Waals surface area contributed by atoms with E-state index in [0.717, 1.165) is 22.3 Å². The van der Waals surface area contributed by atoms with E-state index in [1.165, 1.54) is 11.3 Å². The molecule has 0 aliphatic heterocycles. The minimum Gasteiger partial charge on any atom is -0.478 e. The van der Waals surface area contributed by atoms with Crippen LogP contribution in [0.15, 0.2) is 36.0 Å². The van der Waals surface area contributed by atoms with Gasteiger partial charge < -0.3 is 10.1 Å². The maximum absolute atomic E-state index is 10.3. The van der Waals surface area contributed by atoms with E-state index in [1.54, 1.807) is 6.08 Å². The lowest BCUT2D eigenvalue weighted by Gasteiger charge is -1.88. The summed E-state index contributed by atoms with van der Waals surface area (Å²) < 4.78 is 0. The largest absolute Gasteiger partial charge is 0.478 e. The monoisotopic (exact) mass is 234 g/mol. The first-order chi connectivity index (χ1) is 7.75. The van der Waals surface area contributed by atoms with E-state index >= 15 is 0 Å². The van der Waals surface area contributed by atoms with Crippen LogP contribution in [-0.2, 0) is 11.2 Å². The van der Waals surface area contributed by atoms with Gasteiger partial charge in [-0.25, -0.2) is 9.78 Å². The molecule has 2 aromatic heterocycles. The number of nitrogens with one attached hydrogen (secondary N) is 1. The van der Waals surface area contributed by atoms with Gasteiger partial charge in [0, 0.05) is 35.8 Å². The summed E-state index contributed by atoms with van der Waals surface area (Å²) in [6.07, 6.45) is 7.02. The van der Waals surface area contributed by atoms with Crippen LogP contribution in [0.1, 0.15) is 5.01 Å². The van der Waals surface area contributed by atoms with Crippen molar-refractivity contribution in [2.45, 2.75) is 6.42 Å². The molecule has 2 rings (SSSR count). The van der Waals surface area contributed by atoms with Gasteiger partial charge in [-0.3, -0.25) is 0 Å². The number of aromatic nitrogens is 2. The minimum atomic E-state index is -0.928. The SMILES string of the molecule is O=C(O)/C=C/Cc1nc(-c2cc[nH]c2)cs1. The third-order valence-electron chi connectivity index (χ3n) is 2.00. The average Bonchev–Trinajstić information content (AvgIpc) is 2.85. The summed E-state index contributed by atoms with van der Waals surface area (Å²) in [6, 6.07) is 1.95. The number of aromatic amines is 1. The van der Waals surface area contributed by atoms with Crippen molar-refractivity contribution < 1.29 is 9.90 Å². The lowest BCUT2D eigenvalue weighted by molar-refractivity contribution is -0.131. The fourth-order valence-corrected chi connectivity index (χ4v) is 2.06. The summed E-state index contributed by atoms with van der Waals surface area (Å²) in [4.78, 5) is 17.6. The summed E-state index contributed by atoms with van der Waals surface area (Å²) in [5, 5.41) is 11.3. The highest BCUT2D eigenvalue weighted by atomic mass is 32.1. The molecule has 0 aliphatic carbocycles. The Bertz CT molecular complexity index is 500. The Kier molecular flexibility index (Phi) is 3.16. The van der Waals surface area contributed by atoms with E-state index in [0.29, 0.717) is 6.42 Å². The Morgan fingerprint density at radius 3 is 3.19 bits per heavy atom. The van der Waals surface area contributed by atoms with Crippen LogP contribution in [0.3, 0.4) is 0 Å². The summed E-state index contributed by atoms with van der Waals surface area (Å²) >= 11 is 1.53. The molecule has 16 heavy (non-hydrogen) atoms. The number of carboxylic acids is 1. The van der Waals surface area contributed by atoms with Crippen LogP contribution in [0, 0.1) is 0 Å². The number of hydrogen-bond donors (Lipinski definition) is 2. The Balaban J connectivity index is 2.06. The molecule has 0 aromatic carbocycles. The Morgan fingerprint density at radius 2 is 2.50 bits per heavy atom. The van der Waals surface area contributed by atoms with Crippen LogP contribution in [0.5, 0.6) is 0 Å². The standard InChI is InChI=1S/C11H10N2O2S/c14-11(15)3-1-2-10-13-9(7-16-10)8-4-5-12-6-8/h1,3-7,12H,2H2,(H,14,15)/b3-1+. The first kappa shape index (κ1) is 10.6. The van der Waals surface area contributed by atoms with Crippen molar-refractivity contribution in [3.8, 4) is 11.3 Å². The van der Waals surface area contributed by atoms with Crippen LogP contribution < -0.4 is 0 Å². The zero-order valence-corrected chi connectivity index (χ0v) is 9.20. The van der Waals surface area contributed by atoms with E-state index < -0.39 is 5.97 Å². The smallest absolute Gasteiger partial charge is 0.327 e. The molecule has 82 valence electrons. The Morgan fingerprint density at radius 1 is 1.62 bits per heavy atom. The molecule has 0 saturated heterocycles. The Hall–Kier alpha value is -1.88. The lowest BCUT2D eigenvalue weighted by Crippen LogP contribution is -1.87. The molecule has 0 saturated carbocycles. The number of carbonyl (C=O) groups is 1. The summed E-state index contributed by atoms with van der Waals surface area (Å²) in [7, 11) is 0. The molecule has 2 N–H and O–H groups in total. The third kappa shape index (κ3) is 2.58. The van der Waals surface area contributed by atoms with E-state index in [1.807, 2.05) is 23.8 Å². The first-order valence-corrected chi connectivity index (χ1v) is 5.60. The normalized spacial score (nSPS) is 11.0. The van der Waals surface area contributed by atoms with E-state index in [2.05, 4.69) is 9.97 Å². The van der Waals surface area contributed by atoms with Gasteiger partial charge in [-0.15, -0.1) is 11.3 Å². The number of thiazole rings is 1. The number of nitrogens with zero attached hydrogens (tertiary/aromatic N) is 1. The summed E-state index contributed by atoms with van der Waals surface area (Å²) in [5.41, 5.74) is 1.97. The molecule has 0 atom stereocenters. The summed E-state index contributed by atoms with van der Waals surface area (Å²) in [6.45, 7) is 0. The molecule has 0 radical (unpaired) electrons. The quantitative estimate of drug-likeness (QED) is 0.798. The molecule has 0 amide bonds. The van der Waals surface area contributed by atoms with Gasteiger partial charge in [0.15, 0.2) is 0 Å². The molecule has 2 aromatic rings. The molecule has 0 spiro atoms. The molecule has 2 heterocycles. The second-order valence-corrected chi connectivity index (χ2v) is 4.11. The fourth-order valence-electron chi connectivity index (χ4n) is 1.28. The third-order valence-corrected chi connectivity index (χ3v) is 2.87. The first-order valence-electron chi connectivity index (χ1n) is 4.73. The van der Waals surface area contributed by atoms with Crippen molar-refractivity contribution >= 4 is 17.3 Å². The van der Waals surface area contributed by atoms with Crippen molar-refractivity contribution in [3.63, 3.8) is 0 Å². The maximum Gasteiger partial charge on any atom is 0.327 e. The van der Waals surface area contributed by atoms with Gasteiger partial charge in [0.2, 0.25) is 0 Å². The predicted octanol–water partition coefficient (Wildman–Crippen LogP) is 2.32. The van der Waals surface area contributed by atoms with Gasteiger partial charge in [-0.2, -0.15) is 0 Å². The van der Waals surface area contributed by atoms with Crippen LogP contribution in [0.25, 0.3) is 11.3 Å². The number of allylic oxidation sites excluding steroid dienone is 1. The van der Waals surface area contributed by atoms with Crippen molar-refractivity contribution in [1.29, 1.82) is 0 Å². The van der Waals surface area contributed by atoms with Gasteiger partial charge in [0.25, 0.3) is 0 Å².